The SMILES string of the molecule is CCc1ccc(C2=Nc3ccccc3NC(=S)C2)cc1. The molecule has 0 saturated heterocycles. The third-order valence-electron chi connectivity index (χ3n) is 3.46. The van der Waals surface area contributed by atoms with Crippen LogP contribution in [0.15, 0.2) is 53.5 Å². The first-order valence-corrected chi connectivity index (χ1v) is 7.23. The van der Waals surface area contributed by atoms with Crippen molar-refractivity contribution in [3.05, 3.63) is 59.7 Å². The predicted octanol–water partition coefficient (Wildman–Crippen LogP) is 4.51. The van der Waals surface area contributed by atoms with E-state index in [-0.39, 0.29) is 0 Å². The molecule has 2 nitrogen and oxygen atoms in total. The molecule has 0 amide bonds. The van der Waals surface area contributed by atoms with Crippen LogP contribution in [0.2, 0.25) is 0 Å². The molecule has 3 rings (SSSR count). The van der Waals surface area contributed by atoms with Gasteiger partial charge in [0.25, 0.3) is 0 Å². The largest absolute Gasteiger partial charge is 0.348 e. The number of hydrogen-bond donors (Lipinski definition) is 1. The van der Waals surface area contributed by atoms with Crippen LogP contribution in [-0.4, -0.2) is 10.7 Å². The number of nitrogens with zero attached hydrogens (tertiary/aromatic N) is 1. The van der Waals surface area contributed by atoms with Gasteiger partial charge in [0.2, 0.25) is 0 Å². The van der Waals surface area contributed by atoms with Gasteiger partial charge in [0, 0.05) is 6.42 Å². The van der Waals surface area contributed by atoms with Crippen LogP contribution >= 0.6 is 12.2 Å². The van der Waals surface area contributed by atoms with Gasteiger partial charge in [-0.15, -0.1) is 0 Å². The summed E-state index contributed by atoms with van der Waals surface area (Å²) in [6.45, 7) is 2.16. The highest BCUT2D eigenvalue weighted by Gasteiger charge is 2.14. The third-order valence-corrected chi connectivity index (χ3v) is 3.70. The van der Waals surface area contributed by atoms with Crippen molar-refractivity contribution >= 4 is 34.3 Å². The molecule has 0 aliphatic carbocycles. The fourth-order valence-corrected chi connectivity index (χ4v) is 2.55. The van der Waals surface area contributed by atoms with Gasteiger partial charge in [-0.05, 0) is 29.7 Å². The Bertz CT molecular complexity index is 672. The lowest BCUT2D eigenvalue weighted by Crippen LogP contribution is -2.12. The highest BCUT2D eigenvalue weighted by Crippen LogP contribution is 2.28. The molecule has 1 N–H and O–H groups in total. The van der Waals surface area contributed by atoms with E-state index in [1.807, 2.05) is 24.3 Å². The molecule has 0 atom stereocenters. The fourth-order valence-electron chi connectivity index (χ4n) is 2.31. The van der Waals surface area contributed by atoms with Gasteiger partial charge in [-0.2, -0.15) is 0 Å². The summed E-state index contributed by atoms with van der Waals surface area (Å²) in [5, 5.41) is 3.26. The van der Waals surface area contributed by atoms with Gasteiger partial charge >= 0.3 is 0 Å². The minimum Gasteiger partial charge on any atom is -0.348 e. The van der Waals surface area contributed by atoms with Crippen LogP contribution in [0.1, 0.15) is 24.5 Å². The zero-order valence-electron chi connectivity index (χ0n) is 11.4. The number of aliphatic imine (C=N–C) groups is 1. The molecule has 1 aliphatic rings. The maximum Gasteiger partial charge on any atom is 0.0868 e. The molecule has 0 radical (unpaired) electrons. The van der Waals surface area contributed by atoms with Gasteiger partial charge < -0.3 is 5.32 Å². The number of anilines is 1. The summed E-state index contributed by atoms with van der Waals surface area (Å²) in [5.41, 5.74) is 5.43. The van der Waals surface area contributed by atoms with Crippen molar-refractivity contribution in [1.29, 1.82) is 0 Å². The topological polar surface area (TPSA) is 24.4 Å². The van der Waals surface area contributed by atoms with E-state index in [1.165, 1.54) is 5.56 Å². The van der Waals surface area contributed by atoms with Gasteiger partial charge in [0.05, 0.1) is 22.1 Å². The second-order valence-corrected chi connectivity index (χ2v) is 5.34. The van der Waals surface area contributed by atoms with E-state index in [0.29, 0.717) is 6.42 Å². The lowest BCUT2D eigenvalue weighted by molar-refractivity contribution is 1.14. The first-order chi connectivity index (χ1) is 9.76. The van der Waals surface area contributed by atoms with Crippen LogP contribution in [0.25, 0.3) is 0 Å². The van der Waals surface area contributed by atoms with Gasteiger partial charge in [-0.3, -0.25) is 4.99 Å². The molecule has 0 bridgehead atoms. The number of fused-ring (bicyclic) bond motifs is 1. The molecule has 1 heterocycles. The lowest BCUT2D eigenvalue weighted by atomic mass is 10.0. The Morgan fingerprint density at radius 2 is 1.85 bits per heavy atom. The van der Waals surface area contributed by atoms with E-state index in [1.54, 1.807) is 0 Å². The third kappa shape index (κ3) is 2.63. The van der Waals surface area contributed by atoms with Crippen LogP contribution in [0.5, 0.6) is 0 Å². The minimum absolute atomic E-state index is 0.676. The summed E-state index contributed by atoms with van der Waals surface area (Å²) in [6, 6.07) is 16.6. The van der Waals surface area contributed by atoms with Crippen LogP contribution in [0.4, 0.5) is 11.4 Å². The van der Waals surface area contributed by atoms with E-state index in [0.717, 1.165) is 34.1 Å². The van der Waals surface area contributed by atoms with E-state index in [4.69, 9.17) is 17.2 Å². The van der Waals surface area contributed by atoms with Gasteiger partial charge in [0.1, 0.15) is 0 Å². The van der Waals surface area contributed by atoms with Crippen molar-refractivity contribution < 1.29 is 0 Å². The molecule has 0 saturated carbocycles. The molecule has 0 aromatic heterocycles. The highest BCUT2D eigenvalue weighted by atomic mass is 32.1. The fraction of sp³-hybridized carbons (Fsp3) is 0.176. The second-order valence-electron chi connectivity index (χ2n) is 4.85. The summed E-state index contributed by atoms with van der Waals surface area (Å²) in [5.74, 6) is 0. The van der Waals surface area contributed by atoms with Crippen molar-refractivity contribution in [2.24, 2.45) is 4.99 Å². The summed E-state index contributed by atoms with van der Waals surface area (Å²) in [6.07, 6.45) is 1.73. The van der Waals surface area contributed by atoms with Gasteiger partial charge in [0.15, 0.2) is 0 Å². The summed E-state index contributed by atoms with van der Waals surface area (Å²) in [4.78, 5) is 5.60. The van der Waals surface area contributed by atoms with E-state index >= 15 is 0 Å². The molecule has 2 aromatic rings. The average Bonchev–Trinajstić information content (AvgIpc) is 2.65. The smallest absolute Gasteiger partial charge is 0.0868 e. The molecule has 2 aromatic carbocycles. The molecule has 20 heavy (non-hydrogen) atoms. The summed E-state index contributed by atoms with van der Waals surface area (Å²) in [7, 11) is 0. The Balaban J connectivity index is 2.03. The maximum absolute atomic E-state index is 5.40. The van der Waals surface area contributed by atoms with Crippen LogP contribution in [-0.2, 0) is 6.42 Å². The monoisotopic (exact) mass is 280 g/mol. The molecule has 100 valence electrons. The summed E-state index contributed by atoms with van der Waals surface area (Å²) >= 11 is 5.40. The van der Waals surface area contributed by atoms with Gasteiger partial charge in [-0.1, -0.05) is 55.5 Å². The Kier molecular flexibility index (Phi) is 3.61. The normalized spacial score (nSPS) is 14.1. The van der Waals surface area contributed by atoms with Crippen molar-refractivity contribution in [2.45, 2.75) is 19.8 Å². The lowest BCUT2D eigenvalue weighted by Gasteiger charge is -2.06. The number of benzene rings is 2. The Morgan fingerprint density at radius 1 is 1.10 bits per heavy atom. The molecule has 0 fully saturated rings. The molecule has 0 spiro atoms. The Hall–Kier alpha value is -2.00. The van der Waals surface area contributed by atoms with Crippen molar-refractivity contribution in [1.82, 2.24) is 0 Å². The number of aryl methyl sites for hydroxylation is 1. The predicted molar refractivity (Wildman–Crippen MR) is 89.3 cm³/mol. The molecular weight excluding hydrogens is 264 g/mol. The number of hydrogen-bond acceptors (Lipinski definition) is 2. The Morgan fingerprint density at radius 3 is 2.60 bits per heavy atom. The summed E-state index contributed by atoms with van der Waals surface area (Å²) < 4.78 is 0. The zero-order valence-corrected chi connectivity index (χ0v) is 12.2. The zero-order chi connectivity index (χ0) is 13.9. The molecular formula is C17H16N2S. The van der Waals surface area contributed by atoms with E-state index in [2.05, 4.69) is 36.5 Å². The minimum atomic E-state index is 0.676. The average molecular weight is 280 g/mol. The van der Waals surface area contributed by atoms with Crippen LogP contribution in [0.3, 0.4) is 0 Å². The second kappa shape index (κ2) is 5.55. The first-order valence-electron chi connectivity index (χ1n) is 6.82. The van der Waals surface area contributed by atoms with Crippen LogP contribution in [0, 0.1) is 0 Å². The number of rotatable bonds is 2. The van der Waals surface area contributed by atoms with E-state index in [9.17, 15) is 0 Å². The first kappa shape index (κ1) is 13.0. The number of para-hydroxylation sites is 2. The molecule has 1 aliphatic heterocycles. The van der Waals surface area contributed by atoms with Crippen LogP contribution < -0.4 is 5.32 Å². The number of nitrogens with one attached hydrogen (secondary N) is 1. The van der Waals surface area contributed by atoms with Crippen molar-refractivity contribution in [3.63, 3.8) is 0 Å². The van der Waals surface area contributed by atoms with Gasteiger partial charge in [-0.25, -0.2) is 0 Å². The standard InChI is InChI=1S/C17H16N2S/c1-2-12-7-9-13(10-8-12)16-11-17(20)19-15-6-4-3-5-14(15)18-16/h3-10H,2,11H2,1H3,(H,19,20). The molecule has 0 unspecified atom stereocenters. The maximum atomic E-state index is 5.40. The highest BCUT2D eigenvalue weighted by molar-refractivity contribution is 7.80. The Labute approximate surface area is 124 Å². The van der Waals surface area contributed by atoms with Crippen molar-refractivity contribution in [2.75, 3.05) is 5.32 Å². The molecule has 3 heteroatoms. The van der Waals surface area contributed by atoms with E-state index < -0.39 is 0 Å². The van der Waals surface area contributed by atoms with Crippen molar-refractivity contribution in [3.8, 4) is 0 Å². The quantitative estimate of drug-likeness (QED) is 0.818. The number of thiocarbonyl (C=S) groups is 1.